The van der Waals surface area contributed by atoms with E-state index in [1.165, 1.54) is 34.4 Å². The number of carbonyl (C=O) groups excluding carboxylic acids is 12. The molecule has 39 heteroatoms. The van der Waals surface area contributed by atoms with Crippen LogP contribution in [0.1, 0.15) is 108 Å². The average molecular weight is 1570 g/mol. The molecule has 0 saturated carbocycles. The maximum atomic E-state index is 15.5. The van der Waals surface area contributed by atoms with Crippen molar-refractivity contribution in [1.82, 2.24) is 72.9 Å². The van der Waals surface area contributed by atoms with Crippen molar-refractivity contribution in [2.45, 2.75) is 177 Å². The number of unbranched alkanes of at least 4 members (excludes halogenated alkanes) is 1. The predicted molar refractivity (Wildman–Crippen MR) is 405 cm³/mol. The lowest BCUT2D eigenvalue weighted by atomic mass is 10.0. The van der Waals surface area contributed by atoms with Crippen LogP contribution in [0.4, 0.5) is 0 Å². The number of H-pyrrole nitrogens is 1. The van der Waals surface area contributed by atoms with Gasteiger partial charge >= 0.3 is 17.9 Å². The Labute approximate surface area is 642 Å². The van der Waals surface area contributed by atoms with Gasteiger partial charge in [0.25, 0.3) is 0 Å². The van der Waals surface area contributed by atoms with Gasteiger partial charge in [-0.05, 0) is 94.9 Å². The van der Waals surface area contributed by atoms with E-state index in [1.807, 2.05) is 12.1 Å². The fourth-order valence-corrected chi connectivity index (χ4v) is 15.3. The van der Waals surface area contributed by atoms with Gasteiger partial charge in [-0.2, -0.15) is 0 Å². The Morgan fingerprint density at radius 2 is 1.29 bits per heavy atom. The van der Waals surface area contributed by atoms with Crippen LogP contribution in [-0.2, 0) is 84.8 Å². The molecule has 12 amide bonds. The number of amides is 12. The van der Waals surface area contributed by atoms with E-state index in [-0.39, 0.29) is 114 Å². The Morgan fingerprint density at radius 3 is 1.95 bits per heavy atom. The SMILES string of the molecule is CC(=O)N[C@H]1CCSSC[C@@H](C(=O)N2CCC[C@H]2C(=O)N2CCC[C@H]2C(=O)N[C@@H](CCCCN)C(=O)N[C@@H](CC(=O)O)C(=O)N[C@H](C)CNC(=O)CN(CC(=O)O)CC(=O)O)NC(=O)[C@H](Cc2c[nH]c3ccccc23)NC(=O)[C@H](CCCN=C(N)N)NC(=O)[C@@H](Cc2ccccc2)NC(=O)[C@H](CC2=CCC=N2)NC1=O. The predicted octanol–water partition coefficient (Wildman–Crippen LogP) is -2.88. The Balaban J connectivity index is 1.16. The minimum Gasteiger partial charge on any atom is -0.481 e. The summed E-state index contributed by atoms with van der Waals surface area (Å²) in [6.07, 6.45) is 5.52. The second-order valence-electron chi connectivity index (χ2n) is 27.1. The maximum absolute atomic E-state index is 15.5. The summed E-state index contributed by atoms with van der Waals surface area (Å²) >= 11 is 0. The largest absolute Gasteiger partial charge is 0.481 e. The zero-order chi connectivity index (χ0) is 80.0. The molecule has 0 bridgehead atoms. The molecule has 7 rings (SSSR count). The topological polar surface area (TPSA) is 565 Å². The van der Waals surface area contributed by atoms with Gasteiger partial charge in [-0.25, -0.2) is 0 Å². The number of rotatable bonds is 33. The number of nitrogens with one attached hydrogen (secondary N) is 11. The van der Waals surface area contributed by atoms with Crippen LogP contribution in [0.3, 0.4) is 0 Å². The molecule has 0 aliphatic carbocycles. The van der Waals surface area contributed by atoms with Crippen molar-refractivity contribution in [1.29, 1.82) is 0 Å². The van der Waals surface area contributed by atoms with Crippen LogP contribution < -0.4 is 70.4 Å². The lowest BCUT2D eigenvalue weighted by Gasteiger charge is -2.33. The number of aliphatic carboxylic acids is 3. The number of benzene rings is 2. The first-order valence-electron chi connectivity index (χ1n) is 36.3. The number of nitrogens with zero attached hydrogens (tertiary/aromatic N) is 5. The fraction of sp³-hybridized carbons (Fsp3) is 0.535. The monoisotopic (exact) mass is 1570 g/mol. The van der Waals surface area contributed by atoms with Crippen LogP contribution in [0.5, 0.6) is 0 Å². The summed E-state index contributed by atoms with van der Waals surface area (Å²) in [4.78, 5) is 223. The zero-order valence-electron chi connectivity index (χ0n) is 61.2. The lowest BCUT2D eigenvalue weighted by molar-refractivity contribution is -0.148. The zero-order valence-corrected chi connectivity index (χ0v) is 62.8. The van der Waals surface area contributed by atoms with Gasteiger partial charge in [-0.3, -0.25) is 86.8 Å². The second-order valence-corrected chi connectivity index (χ2v) is 29.8. The van der Waals surface area contributed by atoms with Crippen molar-refractivity contribution in [3.8, 4) is 0 Å². The van der Waals surface area contributed by atoms with Crippen LogP contribution in [0.15, 0.2) is 82.6 Å². The molecule has 0 radical (unpaired) electrons. The average Bonchev–Trinajstić information content (AvgIpc) is 1.65. The highest BCUT2D eigenvalue weighted by Gasteiger charge is 2.45. The number of nitrogens with two attached hydrogens (primary N) is 3. The number of hydrogen-bond acceptors (Lipinski definition) is 21. The summed E-state index contributed by atoms with van der Waals surface area (Å²) in [6, 6.07) is 1.02. The third kappa shape index (κ3) is 27.5. The van der Waals surface area contributed by atoms with Gasteiger partial charge in [0.2, 0.25) is 70.9 Å². The summed E-state index contributed by atoms with van der Waals surface area (Å²) in [5, 5.41) is 55.7. The number of carboxylic acids is 3. The fourth-order valence-electron chi connectivity index (χ4n) is 13.1. The number of fused-ring (bicyclic) bond motifs is 1. The van der Waals surface area contributed by atoms with E-state index in [0.717, 1.165) is 15.7 Å². The summed E-state index contributed by atoms with van der Waals surface area (Å²) in [6.45, 7) is 0.427. The number of carboxylic acid groups (broad SMARTS) is 3. The molecule has 3 saturated heterocycles. The van der Waals surface area contributed by atoms with Gasteiger partial charge in [0.15, 0.2) is 5.96 Å². The summed E-state index contributed by atoms with van der Waals surface area (Å²) in [5.41, 5.74) is 19.5. The first-order chi connectivity index (χ1) is 52.6. The summed E-state index contributed by atoms with van der Waals surface area (Å²) in [5.74, 6) is -14.1. The van der Waals surface area contributed by atoms with Crippen molar-refractivity contribution in [2.75, 3.05) is 63.9 Å². The number of hydrogen-bond donors (Lipinski definition) is 17. The van der Waals surface area contributed by atoms with Crippen molar-refractivity contribution in [2.24, 2.45) is 27.2 Å². The van der Waals surface area contributed by atoms with Crippen molar-refractivity contribution >= 4 is 133 Å². The van der Waals surface area contributed by atoms with Crippen molar-refractivity contribution in [3.05, 3.63) is 83.7 Å². The van der Waals surface area contributed by atoms with Crippen LogP contribution in [0.2, 0.25) is 0 Å². The van der Waals surface area contributed by atoms with Crippen LogP contribution in [-0.4, -0.2) is 266 Å². The first kappa shape index (κ1) is 86.6. The van der Waals surface area contributed by atoms with Gasteiger partial charge in [0, 0.05) is 105 Å². The molecular weight excluding hydrogens is 1470 g/mol. The minimum absolute atomic E-state index is 0.00463. The molecule has 37 nitrogen and oxygen atoms in total. The number of aromatic amines is 1. The van der Waals surface area contributed by atoms with Crippen molar-refractivity contribution in [3.63, 3.8) is 0 Å². The van der Waals surface area contributed by atoms with Crippen LogP contribution in [0, 0.1) is 0 Å². The normalized spacial score (nSPS) is 21.7. The molecule has 0 spiro atoms. The highest BCUT2D eigenvalue weighted by Crippen LogP contribution is 2.30. The Bertz CT molecular complexity index is 3880. The maximum Gasteiger partial charge on any atom is 0.317 e. The molecule has 2 aromatic carbocycles. The second kappa shape index (κ2) is 43.5. The van der Waals surface area contributed by atoms with E-state index in [4.69, 9.17) is 27.4 Å². The first-order valence-corrected chi connectivity index (χ1v) is 38.8. The van der Waals surface area contributed by atoms with E-state index in [9.17, 15) is 57.8 Å². The van der Waals surface area contributed by atoms with E-state index in [2.05, 4.69) is 68.1 Å². The molecule has 5 heterocycles. The van der Waals surface area contributed by atoms with E-state index >= 15 is 19.2 Å². The quantitative estimate of drug-likeness (QED) is 0.0126. The third-order valence-electron chi connectivity index (χ3n) is 18.4. The highest BCUT2D eigenvalue weighted by molar-refractivity contribution is 8.76. The van der Waals surface area contributed by atoms with Gasteiger partial charge in [-0.15, -0.1) is 0 Å². The number of para-hydroxylation sites is 1. The Kier molecular flexibility index (Phi) is 34.2. The summed E-state index contributed by atoms with van der Waals surface area (Å²) in [7, 11) is 2.29. The molecule has 598 valence electrons. The van der Waals surface area contributed by atoms with Crippen LogP contribution in [0.25, 0.3) is 10.9 Å². The lowest BCUT2D eigenvalue weighted by Crippen LogP contribution is -2.61. The third-order valence-corrected chi connectivity index (χ3v) is 20.9. The summed E-state index contributed by atoms with van der Waals surface area (Å²) < 4.78 is 0. The van der Waals surface area contributed by atoms with Gasteiger partial charge in [0.05, 0.1) is 26.1 Å². The Morgan fingerprint density at radius 1 is 0.673 bits per heavy atom. The molecule has 1 aromatic heterocycles. The van der Waals surface area contributed by atoms with Crippen molar-refractivity contribution < 1.29 is 87.2 Å². The molecule has 4 aliphatic rings. The molecule has 110 heavy (non-hydrogen) atoms. The van der Waals surface area contributed by atoms with E-state index in [1.54, 1.807) is 61.0 Å². The molecule has 0 unspecified atom stereocenters. The smallest absolute Gasteiger partial charge is 0.317 e. The molecule has 11 atom stereocenters. The standard InChI is InChI=1S/C71H99N19O18S2/c1-40(34-78-57(92)36-88(37-59(95)96)38-60(97)98)79-64(102)53(33-58(93)94)86-61(99)47(19-8-9-24-72)82-68(106)55-21-12-27-89(55)70(108)56-22-13-28-90(56)69(107)54-39-110-109-29-23-49(80-41(2)91)63(101)85-52(32-44-16-10-25-75-44)67(105)83-50(30-42-14-4-3-5-15-42)65(103)81-48(20-11-26-76-71(73)74)62(100)84-51(66(104)87-54)31-43-35-77-46-18-7-6-17-45(43)46/h3-7,14-18,25,35,40,47-56,77H,8-13,19-24,26-34,36-39,72H2,1-2H3,(H,78,92)(H,79,102)(H,80,91)(H,81,103)(H,82,106)(H,83,105)(H,84,100)(H,85,101)(H,86,99)(H,87,104)(H,93,94)(H,95,96)(H,97,98)(H4,73,74,76)/t40-,47+,48+,49+,50-,51+,52+,53+,54+,55+,56+/m1/s1. The molecule has 3 aromatic rings. The number of aliphatic imine (C=N–C) groups is 2. The van der Waals surface area contributed by atoms with E-state index < -0.39 is 181 Å². The number of aromatic nitrogens is 1. The van der Waals surface area contributed by atoms with Crippen LogP contribution >= 0.6 is 21.6 Å². The van der Waals surface area contributed by atoms with E-state index in [0.29, 0.717) is 53.4 Å². The number of allylic oxidation sites excluding steroid dienone is 1. The molecule has 20 N–H and O–H groups in total. The highest BCUT2D eigenvalue weighted by atomic mass is 33.1. The van der Waals surface area contributed by atoms with Gasteiger partial charge < -0.3 is 100 Å². The molecule has 3 fully saturated rings. The number of carbonyl (C=O) groups is 15. The van der Waals surface area contributed by atoms with Gasteiger partial charge in [-0.1, -0.05) is 76.2 Å². The molecular formula is C71H99N19O18S2. The molecule has 4 aliphatic heterocycles. The Hall–Kier alpha value is -10.7. The number of likely N-dealkylation sites (tertiary alicyclic amines) is 2. The number of guanidine groups is 1. The van der Waals surface area contributed by atoms with Gasteiger partial charge in [0.1, 0.15) is 60.4 Å². The minimum atomic E-state index is -1.74.